The van der Waals surface area contributed by atoms with Crippen LogP contribution in [0.4, 0.5) is 0 Å². The number of carbonyl (C=O) groups excluding carboxylic acids is 1. The molecule has 5 nitrogen and oxygen atoms in total. The van der Waals surface area contributed by atoms with Gasteiger partial charge in [0.1, 0.15) is 11.8 Å². The summed E-state index contributed by atoms with van der Waals surface area (Å²) in [6, 6.07) is 2.76. The Hall–Kier alpha value is -1.62. The molecule has 1 atom stereocenters. The van der Waals surface area contributed by atoms with Crippen LogP contribution in [0.15, 0.2) is 18.3 Å². The second kappa shape index (κ2) is 5.14. The Bertz CT molecular complexity index is 404. The summed E-state index contributed by atoms with van der Waals surface area (Å²) in [6.07, 6.45) is 1.64. The number of rotatable bonds is 4. The molecule has 0 aliphatic heterocycles. The number of carbonyl (C=O) groups is 1. The summed E-state index contributed by atoms with van der Waals surface area (Å²) in [4.78, 5) is 15.8. The Morgan fingerprint density at radius 2 is 2.12 bits per heavy atom. The standard InChI is InChI=1S/C12H18N2O3/c1-12(2,9(13)11(15)17-4)10-8(16-3)6-5-7-14-10/h5-7,9H,13H2,1-4H3. The zero-order valence-electron chi connectivity index (χ0n) is 10.6. The average molecular weight is 238 g/mol. The Morgan fingerprint density at radius 1 is 1.47 bits per heavy atom. The number of nitrogens with two attached hydrogens (primary N) is 1. The van der Waals surface area contributed by atoms with E-state index in [0.717, 1.165) is 0 Å². The quantitative estimate of drug-likeness (QED) is 0.788. The minimum atomic E-state index is -0.795. The van der Waals surface area contributed by atoms with Crippen molar-refractivity contribution in [1.29, 1.82) is 0 Å². The van der Waals surface area contributed by atoms with E-state index in [1.165, 1.54) is 7.11 Å². The number of hydrogen-bond acceptors (Lipinski definition) is 5. The molecule has 0 bridgehead atoms. The minimum Gasteiger partial charge on any atom is -0.495 e. The smallest absolute Gasteiger partial charge is 0.323 e. The Morgan fingerprint density at radius 3 is 2.65 bits per heavy atom. The molecule has 1 heterocycles. The van der Waals surface area contributed by atoms with E-state index in [1.54, 1.807) is 25.4 Å². The van der Waals surface area contributed by atoms with Crippen molar-refractivity contribution in [1.82, 2.24) is 4.98 Å². The molecule has 0 spiro atoms. The third-order valence-electron chi connectivity index (χ3n) is 2.83. The topological polar surface area (TPSA) is 74.4 Å². The number of ether oxygens (including phenoxy) is 2. The fourth-order valence-corrected chi connectivity index (χ4v) is 1.61. The van der Waals surface area contributed by atoms with Crippen LogP contribution in [0, 0.1) is 0 Å². The highest BCUT2D eigenvalue weighted by Gasteiger charge is 2.37. The third-order valence-corrected chi connectivity index (χ3v) is 2.83. The van der Waals surface area contributed by atoms with Gasteiger partial charge in [0, 0.05) is 11.6 Å². The van der Waals surface area contributed by atoms with Crippen LogP contribution in [-0.2, 0) is 14.9 Å². The molecule has 2 N–H and O–H groups in total. The molecule has 1 rings (SSSR count). The molecule has 0 fully saturated rings. The summed E-state index contributed by atoms with van der Waals surface area (Å²) >= 11 is 0. The lowest BCUT2D eigenvalue weighted by molar-refractivity contribution is -0.143. The number of aromatic nitrogens is 1. The summed E-state index contributed by atoms with van der Waals surface area (Å²) in [5.41, 5.74) is 5.86. The van der Waals surface area contributed by atoms with Crippen molar-refractivity contribution in [2.45, 2.75) is 25.3 Å². The lowest BCUT2D eigenvalue weighted by Gasteiger charge is -2.30. The highest BCUT2D eigenvalue weighted by Crippen LogP contribution is 2.31. The molecule has 5 heteroatoms. The van der Waals surface area contributed by atoms with Crippen LogP contribution in [0.3, 0.4) is 0 Å². The van der Waals surface area contributed by atoms with Gasteiger partial charge in [0.2, 0.25) is 0 Å². The van der Waals surface area contributed by atoms with Crippen molar-refractivity contribution in [2.75, 3.05) is 14.2 Å². The van der Waals surface area contributed by atoms with Crippen LogP contribution < -0.4 is 10.5 Å². The molecular weight excluding hydrogens is 220 g/mol. The van der Waals surface area contributed by atoms with Gasteiger partial charge in [-0.1, -0.05) is 13.8 Å². The Labute approximate surface area is 101 Å². The monoisotopic (exact) mass is 238 g/mol. The molecule has 0 aromatic carbocycles. The molecule has 0 aliphatic rings. The predicted molar refractivity (Wildman–Crippen MR) is 63.8 cm³/mol. The molecule has 0 saturated carbocycles. The maximum absolute atomic E-state index is 11.5. The fourth-order valence-electron chi connectivity index (χ4n) is 1.61. The maximum atomic E-state index is 11.5. The SMILES string of the molecule is COC(=O)C(N)C(C)(C)c1ncccc1OC. The van der Waals surface area contributed by atoms with E-state index in [2.05, 4.69) is 9.72 Å². The van der Waals surface area contributed by atoms with Gasteiger partial charge in [-0.3, -0.25) is 9.78 Å². The summed E-state index contributed by atoms with van der Waals surface area (Å²) < 4.78 is 9.89. The maximum Gasteiger partial charge on any atom is 0.323 e. The van der Waals surface area contributed by atoms with E-state index < -0.39 is 17.4 Å². The number of esters is 1. The Kier molecular flexibility index (Phi) is 4.07. The Balaban J connectivity index is 3.16. The number of methoxy groups -OCH3 is 2. The van der Waals surface area contributed by atoms with Crippen molar-refractivity contribution in [3.63, 3.8) is 0 Å². The van der Waals surface area contributed by atoms with Gasteiger partial charge in [-0.05, 0) is 12.1 Å². The summed E-state index contributed by atoms with van der Waals surface area (Å²) in [7, 11) is 2.87. The summed E-state index contributed by atoms with van der Waals surface area (Å²) in [6.45, 7) is 3.67. The van der Waals surface area contributed by atoms with E-state index in [4.69, 9.17) is 10.5 Å². The van der Waals surface area contributed by atoms with Crippen LogP contribution >= 0.6 is 0 Å². The zero-order chi connectivity index (χ0) is 13.1. The molecule has 0 saturated heterocycles. The van der Waals surface area contributed by atoms with Gasteiger partial charge in [-0.2, -0.15) is 0 Å². The van der Waals surface area contributed by atoms with Gasteiger partial charge in [0.05, 0.1) is 19.9 Å². The van der Waals surface area contributed by atoms with Crippen LogP contribution in [0.25, 0.3) is 0 Å². The van der Waals surface area contributed by atoms with E-state index in [1.807, 2.05) is 13.8 Å². The average Bonchev–Trinajstić information content (AvgIpc) is 2.36. The van der Waals surface area contributed by atoms with Gasteiger partial charge in [0.25, 0.3) is 0 Å². The zero-order valence-corrected chi connectivity index (χ0v) is 10.6. The lowest BCUT2D eigenvalue weighted by atomic mass is 9.80. The molecule has 0 radical (unpaired) electrons. The van der Waals surface area contributed by atoms with E-state index in [0.29, 0.717) is 11.4 Å². The molecule has 17 heavy (non-hydrogen) atoms. The predicted octanol–water partition coefficient (Wildman–Crippen LogP) is 0.868. The number of hydrogen-bond donors (Lipinski definition) is 1. The number of nitrogens with zero attached hydrogens (tertiary/aromatic N) is 1. The van der Waals surface area contributed by atoms with Crippen LogP contribution in [-0.4, -0.2) is 31.2 Å². The van der Waals surface area contributed by atoms with Crippen molar-refractivity contribution in [3.05, 3.63) is 24.0 Å². The molecule has 0 aliphatic carbocycles. The molecule has 94 valence electrons. The first-order valence-electron chi connectivity index (χ1n) is 5.28. The first-order chi connectivity index (χ1) is 7.95. The largest absolute Gasteiger partial charge is 0.495 e. The van der Waals surface area contributed by atoms with Crippen molar-refractivity contribution < 1.29 is 14.3 Å². The van der Waals surface area contributed by atoms with Gasteiger partial charge in [-0.15, -0.1) is 0 Å². The molecule has 1 aromatic heterocycles. The fraction of sp³-hybridized carbons (Fsp3) is 0.500. The van der Waals surface area contributed by atoms with Crippen LogP contribution in [0.2, 0.25) is 0 Å². The first kappa shape index (κ1) is 13.4. The van der Waals surface area contributed by atoms with E-state index in [-0.39, 0.29) is 0 Å². The molecule has 1 unspecified atom stereocenters. The normalized spacial score (nSPS) is 13.0. The van der Waals surface area contributed by atoms with Gasteiger partial charge < -0.3 is 15.2 Å². The van der Waals surface area contributed by atoms with Crippen molar-refractivity contribution >= 4 is 5.97 Å². The minimum absolute atomic E-state index is 0.470. The third kappa shape index (κ3) is 2.55. The summed E-state index contributed by atoms with van der Waals surface area (Å²) in [5, 5.41) is 0. The second-order valence-electron chi connectivity index (χ2n) is 4.28. The summed E-state index contributed by atoms with van der Waals surface area (Å²) in [5.74, 6) is 0.138. The lowest BCUT2D eigenvalue weighted by Crippen LogP contribution is -2.48. The van der Waals surface area contributed by atoms with Gasteiger partial charge >= 0.3 is 5.97 Å². The van der Waals surface area contributed by atoms with Crippen molar-refractivity contribution in [2.24, 2.45) is 5.73 Å². The molecule has 1 aromatic rings. The van der Waals surface area contributed by atoms with Crippen LogP contribution in [0.1, 0.15) is 19.5 Å². The second-order valence-corrected chi connectivity index (χ2v) is 4.28. The highest BCUT2D eigenvalue weighted by atomic mass is 16.5. The highest BCUT2D eigenvalue weighted by molar-refractivity contribution is 5.77. The van der Waals surface area contributed by atoms with Gasteiger partial charge in [0.15, 0.2) is 0 Å². The van der Waals surface area contributed by atoms with Crippen LogP contribution in [0.5, 0.6) is 5.75 Å². The van der Waals surface area contributed by atoms with Gasteiger partial charge in [-0.25, -0.2) is 0 Å². The first-order valence-corrected chi connectivity index (χ1v) is 5.28. The molecular formula is C12H18N2O3. The molecule has 0 amide bonds. The number of pyridine rings is 1. The van der Waals surface area contributed by atoms with E-state index in [9.17, 15) is 4.79 Å². The van der Waals surface area contributed by atoms with E-state index >= 15 is 0 Å². The van der Waals surface area contributed by atoms with Crippen molar-refractivity contribution in [3.8, 4) is 5.75 Å².